The maximum atomic E-state index is 11.1. The quantitative estimate of drug-likeness (QED) is 0.589. The second-order valence-corrected chi connectivity index (χ2v) is 5.44. The number of aromatic nitrogens is 3. The average molecular weight is 328 g/mol. The molecule has 2 aromatic rings. The molecule has 0 saturated carbocycles. The van der Waals surface area contributed by atoms with Crippen molar-refractivity contribution in [2.45, 2.75) is 13.8 Å². The van der Waals surface area contributed by atoms with Crippen LogP contribution in [-0.2, 0) is 4.79 Å². The summed E-state index contributed by atoms with van der Waals surface area (Å²) in [5.41, 5.74) is 3.34. The number of rotatable bonds is 6. The Bertz CT molecular complexity index is 760. The van der Waals surface area contributed by atoms with Gasteiger partial charge in [-0.3, -0.25) is 4.79 Å². The lowest BCUT2D eigenvalue weighted by molar-refractivity contribution is -0.113. The second-order valence-electron chi connectivity index (χ2n) is 5.07. The van der Waals surface area contributed by atoms with Crippen LogP contribution in [-0.4, -0.2) is 20.2 Å². The molecule has 1 heterocycles. The predicted octanol–water partition coefficient (Wildman–Crippen LogP) is 4.24. The van der Waals surface area contributed by atoms with Gasteiger partial charge < -0.3 is 0 Å². The van der Waals surface area contributed by atoms with Gasteiger partial charge in [-0.05, 0) is 30.7 Å². The molecule has 0 fully saturated rings. The standard InChI is InChI=1S/C18H18ClN3O/c1-4-8-16(12-11-13(2)18(19)23)22-20-14(3)17(21-22)15-9-6-5-7-10-15/h4-13H,1H2,2-3H3/b12-11-,16-8+. The molecule has 0 aliphatic carbocycles. The Labute approximate surface area is 140 Å². The van der Waals surface area contributed by atoms with Gasteiger partial charge in [0.25, 0.3) is 0 Å². The fourth-order valence-electron chi connectivity index (χ4n) is 1.99. The maximum absolute atomic E-state index is 11.1. The van der Waals surface area contributed by atoms with Gasteiger partial charge in [0.2, 0.25) is 5.24 Å². The van der Waals surface area contributed by atoms with Crippen molar-refractivity contribution in [1.29, 1.82) is 0 Å². The molecule has 4 nitrogen and oxygen atoms in total. The molecule has 1 atom stereocenters. The fraction of sp³-hybridized carbons (Fsp3) is 0.167. The lowest BCUT2D eigenvalue weighted by atomic mass is 10.1. The summed E-state index contributed by atoms with van der Waals surface area (Å²) >= 11 is 5.48. The molecule has 1 aromatic carbocycles. The lowest BCUT2D eigenvalue weighted by Gasteiger charge is -2.01. The number of halogens is 1. The molecule has 0 radical (unpaired) electrons. The predicted molar refractivity (Wildman–Crippen MR) is 93.8 cm³/mol. The number of carbonyl (C=O) groups excluding carboxylic acids is 1. The maximum Gasteiger partial charge on any atom is 0.228 e. The molecule has 2 rings (SSSR count). The van der Waals surface area contributed by atoms with Crippen LogP contribution < -0.4 is 0 Å². The van der Waals surface area contributed by atoms with Crippen LogP contribution >= 0.6 is 11.6 Å². The molecule has 1 unspecified atom stereocenters. The minimum atomic E-state index is -0.409. The van der Waals surface area contributed by atoms with E-state index in [1.54, 1.807) is 31.2 Å². The molecule has 23 heavy (non-hydrogen) atoms. The summed E-state index contributed by atoms with van der Waals surface area (Å²) < 4.78 is 0. The first-order valence-corrected chi connectivity index (χ1v) is 7.60. The number of hydrogen-bond acceptors (Lipinski definition) is 3. The van der Waals surface area contributed by atoms with Gasteiger partial charge in [0.05, 0.1) is 11.4 Å². The van der Waals surface area contributed by atoms with Gasteiger partial charge >= 0.3 is 0 Å². The van der Waals surface area contributed by atoms with E-state index in [0.717, 1.165) is 17.0 Å². The van der Waals surface area contributed by atoms with E-state index in [2.05, 4.69) is 16.8 Å². The van der Waals surface area contributed by atoms with E-state index >= 15 is 0 Å². The fourth-order valence-corrected chi connectivity index (χ4v) is 2.06. The van der Waals surface area contributed by atoms with E-state index in [1.807, 2.05) is 37.3 Å². The molecule has 118 valence electrons. The zero-order valence-corrected chi connectivity index (χ0v) is 13.9. The minimum absolute atomic E-state index is 0.380. The van der Waals surface area contributed by atoms with Crippen LogP contribution in [0.25, 0.3) is 17.0 Å². The molecule has 5 heteroatoms. The summed E-state index contributed by atoms with van der Waals surface area (Å²) in [6.07, 6.45) is 6.90. The van der Waals surface area contributed by atoms with Crippen LogP contribution in [0.3, 0.4) is 0 Å². The third-order valence-corrected chi connectivity index (χ3v) is 3.61. The Morgan fingerprint density at radius 3 is 2.61 bits per heavy atom. The van der Waals surface area contributed by atoms with Crippen LogP contribution in [0.5, 0.6) is 0 Å². The van der Waals surface area contributed by atoms with Gasteiger partial charge in [0.1, 0.15) is 5.69 Å². The SMILES string of the molecule is C=C/C=C(\C=C/C(C)C(=O)Cl)n1nc(C)c(-c2ccccc2)n1. The highest BCUT2D eigenvalue weighted by Crippen LogP contribution is 2.20. The summed E-state index contributed by atoms with van der Waals surface area (Å²) in [5.74, 6) is -0.380. The second kappa shape index (κ2) is 7.70. The minimum Gasteiger partial charge on any atom is -0.281 e. The van der Waals surface area contributed by atoms with Crippen LogP contribution in [0.1, 0.15) is 12.6 Å². The number of allylic oxidation sites excluding steroid dienone is 5. The molecule has 1 aromatic heterocycles. The van der Waals surface area contributed by atoms with E-state index in [9.17, 15) is 4.79 Å². The number of hydrogen-bond donors (Lipinski definition) is 0. The Morgan fingerprint density at radius 2 is 2.00 bits per heavy atom. The molecular weight excluding hydrogens is 310 g/mol. The van der Waals surface area contributed by atoms with Crippen molar-refractivity contribution in [3.05, 3.63) is 66.9 Å². The van der Waals surface area contributed by atoms with Crippen LogP contribution in [0, 0.1) is 12.8 Å². The highest BCUT2D eigenvalue weighted by molar-refractivity contribution is 6.64. The number of nitrogens with zero attached hydrogens (tertiary/aromatic N) is 3. The average Bonchev–Trinajstić information content (AvgIpc) is 2.93. The molecule has 0 amide bonds. The monoisotopic (exact) mass is 327 g/mol. The molecule has 0 aliphatic heterocycles. The van der Waals surface area contributed by atoms with Crippen LogP contribution in [0.15, 0.2) is 61.2 Å². The van der Waals surface area contributed by atoms with Crippen molar-refractivity contribution in [3.8, 4) is 11.3 Å². The lowest BCUT2D eigenvalue weighted by Crippen LogP contribution is -2.02. The molecular formula is C18H18ClN3O. The van der Waals surface area contributed by atoms with Crippen molar-refractivity contribution in [2.24, 2.45) is 5.92 Å². The van der Waals surface area contributed by atoms with E-state index in [4.69, 9.17) is 11.6 Å². The zero-order chi connectivity index (χ0) is 16.8. The summed E-state index contributed by atoms with van der Waals surface area (Å²) in [4.78, 5) is 12.7. The van der Waals surface area contributed by atoms with Gasteiger partial charge in [-0.25, -0.2) is 0 Å². The molecule has 0 aliphatic rings. The van der Waals surface area contributed by atoms with Crippen molar-refractivity contribution in [1.82, 2.24) is 15.0 Å². The van der Waals surface area contributed by atoms with Crippen LogP contribution in [0.4, 0.5) is 0 Å². The van der Waals surface area contributed by atoms with Gasteiger partial charge in [-0.2, -0.15) is 9.90 Å². The third kappa shape index (κ3) is 4.27. The summed E-state index contributed by atoms with van der Waals surface area (Å²) in [6.45, 7) is 7.34. The van der Waals surface area contributed by atoms with Crippen molar-refractivity contribution in [2.75, 3.05) is 0 Å². The van der Waals surface area contributed by atoms with E-state index in [1.165, 1.54) is 4.80 Å². The van der Waals surface area contributed by atoms with E-state index in [0.29, 0.717) is 5.70 Å². The number of aryl methyl sites for hydroxylation is 1. The van der Waals surface area contributed by atoms with Crippen molar-refractivity contribution < 1.29 is 4.79 Å². The topological polar surface area (TPSA) is 47.8 Å². The van der Waals surface area contributed by atoms with E-state index < -0.39 is 5.24 Å². The number of carbonyl (C=O) groups is 1. The first-order valence-electron chi connectivity index (χ1n) is 7.23. The number of benzene rings is 1. The summed E-state index contributed by atoms with van der Waals surface area (Å²) in [5, 5.41) is 8.58. The van der Waals surface area contributed by atoms with Crippen molar-refractivity contribution >= 4 is 22.5 Å². The Hall–Kier alpha value is -2.46. The van der Waals surface area contributed by atoms with Gasteiger partial charge in [0.15, 0.2) is 0 Å². The van der Waals surface area contributed by atoms with E-state index in [-0.39, 0.29) is 5.92 Å². The normalized spacial score (nSPS) is 13.3. The highest BCUT2D eigenvalue weighted by Gasteiger charge is 2.11. The largest absolute Gasteiger partial charge is 0.281 e. The zero-order valence-electron chi connectivity index (χ0n) is 13.1. The van der Waals surface area contributed by atoms with Crippen LogP contribution in [0.2, 0.25) is 0 Å². The van der Waals surface area contributed by atoms with Gasteiger partial charge in [0, 0.05) is 11.5 Å². The Kier molecular flexibility index (Phi) is 5.66. The Balaban J connectivity index is 2.37. The Morgan fingerprint density at radius 1 is 1.30 bits per heavy atom. The van der Waals surface area contributed by atoms with Gasteiger partial charge in [-0.1, -0.05) is 56.0 Å². The molecule has 0 N–H and O–H groups in total. The first kappa shape index (κ1) is 16.9. The third-order valence-electron chi connectivity index (χ3n) is 3.26. The highest BCUT2D eigenvalue weighted by atomic mass is 35.5. The molecule has 0 spiro atoms. The smallest absolute Gasteiger partial charge is 0.228 e. The molecule has 0 saturated heterocycles. The molecule has 0 bridgehead atoms. The first-order chi connectivity index (χ1) is 11.0. The van der Waals surface area contributed by atoms with Crippen molar-refractivity contribution in [3.63, 3.8) is 0 Å². The summed E-state index contributed by atoms with van der Waals surface area (Å²) in [7, 11) is 0. The van der Waals surface area contributed by atoms with Gasteiger partial charge in [-0.15, -0.1) is 5.10 Å². The summed E-state index contributed by atoms with van der Waals surface area (Å²) in [6, 6.07) is 9.86.